The van der Waals surface area contributed by atoms with Crippen LogP contribution in [0.2, 0.25) is 0 Å². The highest BCUT2D eigenvalue weighted by molar-refractivity contribution is 6.17. The molecule has 3 rings (SSSR count). The Labute approximate surface area is 146 Å². The second-order valence-electron chi connectivity index (χ2n) is 6.01. The van der Waals surface area contributed by atoms with Gasteiger partial charge in [0.15, 0.2) is 0 Å². The first kappa shape index (κ1) is 17.9. The monoisotopic (exact) mass is 366 g/mol. The average Bonchev–Trinajstić information content (AvgIpc) is 3.38. The summed E-state index contributed by atoms with van der Waals surface area (Å²) in [5, 5.41) is 4.52. The van der Waals surface area contributed by atoms with Crippen LogP contribution < -0.4 is 10.6 Å². The fourth-order valence-electron chi connectivity index (χ4n) is 2.57. The molecule has 0 bridgehead atoms. The van der Waals surface area contributed by atoms with E-state index in [2.05, 4.69) is 10.6 Å². The van der Waals surface area contributed by atoms with Crippen molar-refractivity contribution in [2.75, 3.05) is 10.6 Å². The molecule has 8 heteroatoms. The molecule has 2 aromatic carbocycles. The molecule has 0 atom stereocenters. The minimum absolute atomic E-state index is 0.0905. The fourth-order valence-corrected chi connectivity index (χ4v) is 2.57. The Bertz CT molecular complexity index is 860. The Kier molecular flexibility index (Phi) is 4.43. The molecular weight excluding hydrogens is 352 g/mol. The summed E-state index contributed by atoms with van der Waals surface area (Å²) in [6.45, 7) is 0. The van der Waals surface area contributed by atoms with Crippen LogP contribution in [0.1, 0.15) is 18.4 Å². The Hall–Kier alpha value is -2.90. The minimum Gasteiger partial charge on any atom is -0.325 e. The maximum absolute atomic E-state index is 13.7. The highest BCUT2D eigenvalue weighted by Gasteiger charge is 2.57. The topological polar surface area (TPSA) is 58.2 Å². The summed E-state index contributed by atoms with van der Waals surface area (Å²) < 4.78 is 52.7. The van der Waals surface area contributed by atoms with Crippen molar-refractivity contribution in [3.63, 3.8) is 0 Å². The number of halogens is 4. The lowest BCUT2D eigenvalue weighted by Gasteiger charge is -2.18. The predicted molar refractivity (Wildman–Crippen MR) is 86.8 cm³/mol. The maximum atomic E-state index is 13.7. The molecule has 0 unspecified atom stereocenters. The molecule has 2 N–H and O–H groups in total. The number of carbonyl (C=O) groups is 2. The minimum atomic E-state index is -4.64. The number of hydrogen-bond acceptors (Lipinski definition) is 2. The zero-order chi connectivity index (χ0) is 18.9. The van der Waals surface area contributed by atoms with Crippen LogP contribution in [0.5, 0.6) is 0 Å². The summed E-state index contributed by atoms with van der Waals surface area (Å²) >= 11 is 0. The quantitative estimate of drug-likeness (QED) is 0.629. The third-order valence-corrected chi connectivity index (χ3v) is 4.22. The molecule has 1 aliphatic rings. The van der Waals surface area contributed by atoms with Crippen LogP contribution in [0.3, 0.4) is 0 Å². The molecule has 2 aromatic rings. The highest BCUT2D eigenvalue weighted by Crippen LogP contribution is 2.48. The van der Waals surface area contributed by atoms with Crippen molar-refractivity contribution in [1.82, 2.24) is 0 Å². The lowest BCUT2D eigenvalue weighted by atomic mass is 10.0. The van der Waals surface area contributed by atoms with Gasteiger partial charge in [-0.2, -0.15) is 13.2 Å². The largest absolute Gasteiger partial charge is 0.418 e. The summed E-state index contributed by atoms with van der Waals surface area (Å²) in [5.74, 6) is -2.26. The fraction of sp³-hybridized carbons (Fsp3) is 0.222. The van der Waals surface area contributed by atoms with Crippen LogP contribution in [0.4, 0.5) is 28.9 Å². The van der Waals surface area contributed by atoms with Gasteiger partial charge in [0.2, 0.25) is 11.8 Å². The van der Waals surface area contributed by atoms with Crippen LogP contribution in [-0.2, 0) is 15.8 Å². The number of amides is 2. The summed E-state index contributed by atoms with van der Waals surface area (Å²) in [6, 6.07) is 9.95. The molecule has 26 heavy (non-hydrogen) atoms. The van der Waals surface area contributed by atoms with E-state index in [0.29, 0.717) is 0 Å². The molecule has 0 radical (unpaired) electrons. The SMILES string of the molecule is O=C(Nc1ccccc1F)C1(C(=O)Nc2ccccc2C(F)(F)F)CC1. The van der Waals surface area contributed by atoms with E-state index in [1.807, 2.05) is 0 Å². The zero-order valence-corrected chi connectivity index (χ0v) is 13.4. The highest BCUT2D eigenvalue weighted by atomic mass is 19.4. The number of anilines is 2. The third-order valence-electron chi connectivity index (χ3n) is 4.22. The van der Waals surface area contributed by atoms with Gasteiger partial charge >= 0.3 is 6.18 Å². The van der Waals surface area contributed by atoms with E-state index >= 15 is 0 Å². The van der Waals surface area contributed by atoms with Gasteiger partial charge in [-0.3, -0.25) is 9.59 Å². The Morgan fingerprint density at radius 1 is 0.846 bits per heavy atom. The lowest BCUT2D eigenvalue weighted by Crippen LogP contribution is -2.36. The second kappa shape index (κ2) is 6.44. The van der Waals surface area contributed by atoms with Gasteiger partial charge in [-0.15, -0.1) is 0 Å². The van der Waals surface area contributed by atoms with Crippen molar-refractivity contribution in [2.45, 2.75) is 19.0 Å². The van der Waals surface area contributed by atoms with Crippen molar-refractivity contribution in [1.29, 1.82) is 0 Å². The van der Waals surface area contributed by atoms with Crippen LogP contribution >= 0.6 is 0 Å². The number of nitrogens with one attached hydrogen (secondary N) is 2. The molecular formula is C18H14F4N2O2. The molecule has 2 amide bonds. The molecule has 1 aliphatic carbocycles. The van der Waals surface area contributed by atoms with Gasteiger partial charge in [-0.05, 0) is 37.1 Å². The van der Waals surface area contributed by atoms with Gasteiger partial charge in [0.05, 0.1) is 16.9 Å². The van der Waals surface area contributed by atoms with Crippen LogP contribution in [0, 0.1) is 11.2 Å². The van der Waals surface area contributed by atoms with Crippen molar-refractivity contribution in [2.24, 2.45) is 5.41 Å². The number of carbonyl (C=O) groups excluding carboxylic acids is 2. The first-order chi connectivity index (χ1) is 12.2. The van der Waals surface area contributed by atoms with E-state index in [4.69, 9.17) is 0 Å². The number of hydrogen-bond donors (Lipinski definition) is 2. The molecule has 0 heterocycles. The van der Waals surface area contributed by atoms with Gasteiger partial charge in [-0.1, -0.05) is 24.3 Å². The van der Waals surface area contributed by atoms with E-state index in [1.165, 1.54) is 30.3 Å². The maximum Gasteiger partial charge on any atom is 0.418 e. The lowest BCUT2D eigenvalue weighted by molar-refractivity contribution is -0.137. The number of alkyl halides is 3. The molecule has 1 saturated carbocycles. The third kappa shape index (κ3) is 3.40. The van der Waals surface area contributed by atoms with Crippen molar-refractivity contribution < 1.29 is 27.2 Å². The van der Waals surface area contributed by atoms with E-state index in [0.717, 1.165) is 18.2 Å². The summed E-state index contributed by atoms with van der Waals surface area (Å²) in [4.78, 5) is 24.9. The van der Waals surface area contributed by atoms with Crippen molar-refractivity contribution in [3.8, 4) is 0 Å². The smallest absolute Gasteiger partial charge is 0.325 e. The second-order valence-corrected chi connectivity index (χ2v) is 6.01. The molecule has 0 saturated heterocycles. The van der Waals surface area contributed by atoms with Gasteiger partial charge in [0, 0.05) is 0 Å². The van der Waals surface area contributed by atoms with E-state index < -0.39 is 40.5 Å². The van der Waals surface area contributed by atoms with Gasteiger partial charge in [-0.25, -0.2) is 4.39 Å². The van der Waals surface area contributed by atoms with Gasteiger partial charge < -0.3 is 10.6 Å². The van der Waals surface area contributed by atoms with Gasteiger partial charge in [0.1, 0.15) is 11.2 Å². The van der Waals surface area contributed by atoms with Crippen LogP contribution in [-0.4, -0.2) is 11.8 Å². The first-order valence-corrected chi connectivity index (χ1v) is 7.78. The molecule has 0 spiro atoms. The zero-order valence-electron chi connectivity index (χ0n) is 13.4. The number of benzene rings is 2. The Morgan fingerprint density at radius 2 is 1.35 bits per heavy atom. The summed E-state index contributed by atoms with van der Waals surface area (Å²) in [6.07, 6.45) is -4.30. The standard InChI is InChI=1S/C18H14F4N2O2/c19-12-6-2-4-8-14(12)24-16(26)17(9-10-17)15(25)23-13-7-3-1-5-11(13)18(20,21)22/h1-8H,9-10H2,(H,23,25)(H,24,26). The van der Waals surface area contributed by atoms with E-state index in [-0.39, 0.29) is 18.5 Å². The average molecular weight is 366 g/mol. The predicted octanol–water partition coefficient (Wildman–Crippen LogP) is 4.20. The summed E-state index contributed by atoms with van der Waals surface area (Å²) in [5.41, 5.74) is -3.01. The number of para-hydroxylation sites is 2. The summed E-state index contributed by atoms with van der Waals surface area (Å²) in [7, 11) is 0. The Morgan fingerprint density at radius 3 is 1.88 bits per heavy atom. The number of rotatable bonds is 4. The van der Waals surface area contributed by atoms with Gasteiger partial charge in [0.25, 0.3) is 0 Å². The van der Waals surface area contributed by atoms with Crippen molar-refractivity contribution >= 4 is 23.2 Å². The van der Waals surface area contributed by atoms with Crippen LogP contribution in [0.25, 0.3) is 0 Å². The Balaban J connectivity index is 1.78. The molecule has 1 fully saturated rings. The van der Waals surface area contributed by atoms with Crippen LogP contribution in [0.15, 0.2) is 48.5 Å². The molecule has 4 nitrogen and oxygen atoms in total. The molecule has 0 aromatic heterocycles. The van der Waals surface area contributed by atoms with E-state index in [9.17, 15) is 27.2 Å². The molecule has 0 aliphatic heterocycles. The van der Waals surface area contributed by atoms with E-state index in [1.54, 1.807) is 0 Å². The molecule has 136 valence electrons. The van der Waals surface area contributed by atoms with Crippen molar-refractivity contribution in [3.05, 3.63) is 59.9 Å². The first-order valence-electron chi connectivity index (χ1n) is 7.78. The normalized spacial score (nSPS) is 15.2.